The molecule has 12 heteroatoms. The summed E-state index contributed by atoms with van der Waals surface area (Å²) in [6, 6.07) is 15.7. The number of rotatable bonds is 11. The van der Waals surface area contributed by atoms with Gasteiger partial charge in [0.2, 0.25) is 0 Å². The van der Waals surface area contributed by atoms with Crippen LogP contribution in [0.1, 0.15) is 93.8 Å². The second-order valence-corrected chi connectivity index (χ2v) is 14.9. The molecule has 0 aliphatic heterocycles. The Kier molecular flexibility index (Phi) is 11.0. The smallest absolute Gasteiger partial charge is 0.412 e. The summed E-state index contributed by atoms with van der Waals surface area (Å²) in [5.41, 5.74) is 2.54. The number of carbonyl (C=O) groups excluding carboxylic acids is 4. The lowest BCUT2D eigenvalue weighted by molar-refractivity contribution is 0.0220. The van der Waals surface area contributed by atoms with Crippen molar-refractivity contribution in [2.45, 2.75) is 97.1 Å². The van der Waals surface area contributed by atoms with Gasteiger partial charge in [-0.1, -0.05) is 24.3 Å². The number of benzene rings is 2. The molecular formula is C38H47N5O7. The number of pyridine rings is 1. The van der Waals surface area contributed by atoms with Crippen molar-refractivity contribution in [2.75, 3.05) is 17.2 Å². The Labute approximate surface area is 293 Å². The van der Waals surface area contributed by atoms with Gasteiger partial charge in [-0.15, -0.1) is 0 Å². The number of hydrogen-bond donors (Lipinski definition) is 3. The Morgan fingerprint density at radius 1 is 0.820 bits per heavy atom. The van der Waals surface area contributed by atoms with Crippen LogP contribution in [0.25, 0.3) is 0 Å². The summed E-state index contributed by atoms with van der Waals surface area (Å²) in [4.78, 5) is 56.9. The molecule has 3 N–H and O–H groups in total. The van der Waals surface area contributed by atoms with Gasteiger partial charge in [0.05, 0.1) is 11.4 Å². The van der Waals surface area contributed by atoms with Gasteiger partial charge < -0.3 is 29.7 Å². The average molecular weight is 686 g/mol. The van der Waals surface area contributed by atoms with E-state index >= 15 is 0 Å². The molecule has 2 aromatic carbocycles. The maximum absolute atomic E-state index is 13.0. The fraction of sp³-hybridized carbons (Fsp3) is 0.447. The van der Waals surface area contributed by atoms with E-state index in [1.165, 1.54) is 0 Å². The summed E-state index contributed by atoms with van der Waals surface area (Å²) in [5.74, 6) is 0.342. The molecule has 0 spiro atoms. The first kappa shape index (κ1) is 36.2. The minimum Gasteiger partial charge on any atom is -0.445 e. The third-order valence-electron chi connectivity index (χ3n) is 8.01. The minimum absolute atomic E-state index is 0.0469. The highest BCUT2D eigenvalue weighted by Crippen LogP contribution is 2.46. The molecule has 1 heterocycles. The summed E-state index contributed by atoms with van der Waals surface area (Å²) >= 11 is 0. The fourth-order valence-electron chi connectivity index (χ4n) is 5.38. The van der Waals surface area contributed by atoms with E-state index in [-0.39, 0.29) is 37.1 Å². The molecule has 4 amide bonds. The zero-order valence-electron chi connectivity index (χ0n) is 29.6. The van der Waals surface area contributed by atoms with Crippen LogP contribution in [-0.2, 0) is 27.4 Å². The quantitative estimate of drug-likeness (QED) is 0.175. The van der Waals surface area contributed by atoms with Crippen molar-refractivity contribution in [1.29, 1.82) is 0 Å². The first-order chi connectivity index (χ1) is 23.6. The average Bonchev–Trinajstić information content (AvgIpc) is 3.97. The predicted octanol–water partition coefficient (Wildman–Crippen LogP) is 7.61. The van der Waals surface area contributed by atoms with Crippen LogP contribution < -0.4 is 16.0 Å². The molecule has 50 heavy (non-hydrogen) atoms. The molecule has 0 radical (unpaired) electrons. The second kappa shape index (κ2) is 15.2. The number of ether oxygens (including phenoxy) is 3. The van der Waals surface area contributed by atoms with Crippen molar-refractivity contribution < 1.29 is 33.4 Å². The van der Waals surface area contributed by atoms with Gasteiger partial charge in [0.25, 0.3) is 5.91 Å². The molecule has 5 rings (SSSR count). The molecule has 266 valence electrons. The summed E-state index contributed by atoms with van der Waals surface area (Å²) < 4.78 is 16.5. The van der Waals surface area contributed by atoms with E-state index in [2.05, 4.69) is 20.9 Å². The van der Waals surface area contributed by atoms with Crippen molar-refractivity contribution >= 4 is 35.6 Å². The molecule has 2 aliphatic carbocycles. The second-order valence-electron chi connectivity index (χ2n) is 14.9. The lowest BCUT2D eigenvalue weighted by Crippen LogP contribution is -2.40. The fourth-order valence-corrected chi connectivity index (χ4v) is 5.38. The molecular weight excluding hydrogens is 638 g/mol. The third-order valence-corrected chi connectivity index (χ3v) is 8.01. The van der Waals surface area contributed by atoms with Crippen molar-refractivity contribution in [1.82, 2.24) is 15.2 Å². The molecule has 3 aromatic rings. The van der Waals surface area contributed by atoms with Crippen LogP contribution >= 0.6 is 0 Å². The highest BCUT2D eigenvalue weighted by Gasteiger charge is 2.47. The normalized spacial score (nSPS) is 16.8. The number of carbonyl (C=O) groups is 4. The predicted molar refractivity (Wildman–Crippen MR) is 189 cm³/mol. The van der Waals surface area contributed by atoms with Gasteiger partial charge in [-0.25, -0.2) is 14.4 Å². The summed E-state index contributed by atoms with van der Waals surface area (Å²) in [6.07, 6.45) is 5.12. The first-order valence-electron chi connectivity index (χ1n) is 17.0. The number of alkyl carbamates (subject to hydrolysis) is 1. The maximum Gasteiger partial charge on any atom is 0.412 e. The molecule has 0 bridgehead atoms. The van der Waals surface area contributed by atoms with Gasteiger partial charge in [0, 0.05) is 48.6 Å². The van der Waals surface area contributed by atoms with E-state index in [9.17, 15) is 19.2 Å². The highest BCUT2D eigenvalue weighted by atomic mass is 16.6. The molecule has 1 aromatic heterocycles. The van der Waals surface area contributed by atoms with Crippen LogP contribution in [-0.4, -0.2) is 57.9 Å². The van der Waals surface area contributed by atoms with Crippen LogP contribution in [0, 0.1) is 5.92 Å². The molecule has 2 unspecified atom stereocenters. The maximum atomic E-state index is 13.0. The summed E-state index contributed by atoms with van der Waals surface area (Å²) in [5, 5.41) is 8.21. The van der Waals surface area contributed by atoms with Gasteiger partial charge in [-0.05, 0) is 108 Å². The standard InChI is InChI=1S/C38H47N5O7/c1-37(2,3)49-35(46)42-31-10-8-7-9-30(31)41-33(44)27-15-13-24(14-16-27)20-40-34(45)48-23-26-17-28(21-39-19-26)29-18-32(29)43(22-25-11-12-25)36(47)50-38(4,5)6/h7-10,13-17,19,21,25,29,32H,11-12,18,20,22-23H2,1-6H3,(H,40,45)(H,41,44)(H,42,46). The van der Waals surface area contributed by atoms with E-state index in [0.717, 1.165) is 36.0 Å². The number of nitrogens with one attached hydrogen (secondary N) is 3. The van der Waals surface area contributed by atoms with E-state index in [4.69, 9.17) is 14.2 Å². The SMILES string of the molecule is CC(C)(C)OC(=O)Nc1ccccc1NC(=O)c1ccc(CNC(=O)OCc2cncc(C3CC3N(CC3CC3)C(=O)OC(C)(C)C)c2)cc1. The number of para-hydroxylation sites is 2. The molecule has 2 aliphatic rings. The van der Waals surface area contributed by atoms with E-state index in [1.807, 2.05) is 37.9 Å². The van der Waals surface area contributed by atoms with Crippen LogP contribution in [0.3, 0.4) is 0 Å². The molecule has 0 saturated heterocycles. The van der Waals surface area contributed by atoms with Crippen molar-refractivity contribution in [3.05, 3.63) is 89.2 Å². The van der Waals surface area contributed by atoms with E-state index in [1.54, 1.807) is 75.5 Å². The summed E-state index contributed by atoms with van der Waals surface area (Å²) in [7, 11) is 0. The molecule has 2 fully saturated rings. The van der Waals surface area contributed by atoms with Crippen LogP contribution in [0.15, 0.2) is 67.0 Å². The minimum atomic E-state index is -0.663. The van der Waals surface area contributed by atoms with Gasteiger partial charge in [0.1, 0.15) is 17.8 Å². The molecule has 2 saturated carbocycles. The lowest BCUT2D eigenvalue weighted by atomic mass is 10.1. The first-order valence-corrected chi connectivity index (χ1v) is 17.0. The Morgan fingerprint density at radius 3 is 2.12 bits per heavy atom. The highest BCUT2D eigenvalue weighted by molar-refractivity contribution is 6.06. The van der Waals surface area contributed by atoms with Crippen molar-refractivity contribution in [3.63, 3.8) is 0 Å². The Bertz CT molecular complexity index is 1690. The van der Waals surface area contributed by atoms with E-state index in [0.29, 0.717) is 29.4 Å². The van der Waals surface area contributed by atoms with Crippen molar-refractivity contribution in [3.8, 4) is 0 Å². The zero-order chi connectivity index (χ0) is 36.1. The van der Waals surface area contributed by atoms with Gasteiger partial charge >= 0.3 is 18.3 Å². The lowest BCUT2D eigenvalue weighted by Gasteiger charge is -2.28. The topological polar surface area (TPSA) is 148 Å². The van der Waals surface area contributed by atoms with Crippen LogP contribution in [0.2, 0.25) is 0 Å². The number of nitrogens with zero attached hydrogens (tertiary/aromatic N) is 2. The third kappa shape index (κ3) is 10.9. The van der Waals surface area contributed by atoms with Gasteiger partial charge in [0.15, 0.2) is 0 Å². The Hall–Kier alpha value is -5.13. The number of amides is 4. The number of hydrogen-bond acceptors (Lipinski definition) is 8. The largest absolute Gasteiger partial charge is 0.445 e. The van der Waals surface area contributed by atoms with E-state index < -0.39 is 23.4 Å². The molecule has 12 nitrogen and oxygen atoms in total. The molecule has 2 atom stereocenters. The van der Waals surface area contributed by atoms with Gasteiger partial charge in [-0.2, -0.15) is 0 Å². The number of aromatic nitrogens is 1. The summed E-state index contributed by atoms with van der Waals surface area (Å²) in [6.45, 7) is 11.9. The Morgan fingerprint density at radius 2 is 1.48 bits per heavy atom. The van der Waals surface area contributed by atoms with Crippen LogP contribution in [0.5, 0.6) is 0 Å². The number of anilines is 2. The zero-order valence-corrected chi connectivity index (χ0v) is 29.6. The van der Waals surface area contributed by atoms with Gasteiger partial charge in [-0.3, -0.25) is 15.1 Å². The van der Waals surface area contributed by atoms with Crippen molar-refractivity contribution in [2.24, 2.45) is 5.92 Å². The monoisotopic (exact) mass is 685 g/mol. The Balaban J connectivity index is 1.08. The van der Waals surface area contributed by atoms with Crippen LogP contribution in [0.4, 0.5) is 25.8 Å².